The minimum absolute atomic E-state index is 0.626. The van der Waals surface area contributed by atoms with Crippen molar-refractivity contribution in [3.8, 4) is 0 Å². The monoisotopic (exact) mass is 971 g/mol. The van der Waals surface area contributed by atoms with Gasteiger partial charge in [0.15, 0.2) is 0 Å². The number of fused-ring (bicyclic) bond motifs is 9. The molecule has 0 aromatic rings. The van der Waals surface area contributed by atoms with E-state index in [9.17, 15) is 0 Å². The second kappa shape index (κ2) is 21.0. The molecule has 14 rings (SSSR count). The molecule has 0 aromatic heterocycles. The molecule has 0 N–H and O–H groups in total. The van der Waals surface area contributed by atoms with Crippen molar-refractivity contribution in [3.63, 3.8) is 0 Å². The number of ether oxygens (including phenoxy) is 1. The van der Waals surface area contributed by atoms with Gasteiger partial charge in [-0.1, -0.05) is 117 Å². The molecule has 14 fully saturated rings. The molecule has 400 valence electrons. The maximum Gasteiger partial charge on any atom is 0.0641 e. The zero-order valence-corrected chi connectivity index (χ0v) is 47.0. The normalized spacial score (nSPS) is 55.1. The number of hydrogen-bond acceptors (Lipinski definition) is 1. The van der Waals surface area contributed by atoms with E-state index in [1.54, 1.807) is 186 Å². The molecule has 1 aliphatic heterocycles. The summed E-state index contributed by atoms with van der Waals surface area (Å²) < 4.78 is 7.55. The van der Waals surface area contributed by atoms with Crippen LogP contribution in [0.4, 0.5) is 0 Å². The van der Waals surface area contributed by atoms with Crippen LogP contribution in [0.15, 0.2) is 0 Å². The summed E-state index contributed by atoms with van der Waals surface area (Å²) in [5.74, 6) is 28.2. The first kappa shape index (κ1) is 49.3. The third kappa shape index (κ3) is 9.24. The summed E-state index contributed by atoms with van der Waals surface area (Å²) in [5.41, 5.74) is 0. The van der Waals surface area contributed by atoms with Crippen LogP contribution < -0.4 is 0 Å². The second-order valence-electron chi connectivity index (χ2n) is 32.0. The molecule has 24 atom stereocenters. The molecule has 13 aliphatic carbocycles. The van der Waals surface area contributed by atoms with Crippen molar-refractivity contribution in [2.45, 2.75) is 277 Å². The Balaban J connectivity index is 0.801. The van der Waals surface area contributed by atoms with Crippen molar-refractivity contribution >= 4 is 0 Å². The van der Waals surface area contributed by atoms with Gasteiger partial charge < -0.3 is 4.74 Å². The smallest absolute Gasteiger partial charge is 0.0641 e. The number of rotatable bonds is 8. The molecule has 0 bridgehead atoms. The average Bonchev–Trinajstić information content (AvgIpc) is 4.09. The van der Waals surface area contributed by atoms with Crippen LogP contribution in [0, 0.1) is 160 Å². The molecular formula is C70H114O. The second-order valence-corrected chi connectivity index (χ2v) is 32.0. The Hall–Kier alpha value is -0.0400. The van der Waals surface area contributed by atoms with E-state index in [0.717, 1.165) is 160 Å². The van der Waals surface area contributed by atoms with Crippen LogP contribution in [-0.4, -0.2) is 12.2 Å². The van der Waals surface area contributed by atoms with Gasteiger partial charge in [0.05, 0.1) is 12.2 Å². The van der Waals surface area contributed by atoms with Crippen molar-refractivity contribution in [3.05, 3.63) is 0 Å². The topological polar surface area (TPSA) is 9.23 Å². The van der Waals surface area contributed by atoms with Gasteiger partial charge in [0.2, 0.25) is 0 Å². The predicted octanol–water partition coefficient (Wildman–Crippen LogP) is 19.5. The lowest BCUT2D eigenvalue weighted by Gasteiger charge is -2.63. The van der Waals surface area contributed by atoms with Crippen molar-refractivity contribution in [1.29, 1.82) is 0 Å². The molecule has 24 unspecified atom stereocenters. The largest absolute Gasteiger partial charge is 0.374 e. The average molecular weight is 972 g/mol. The maximum absolute atomic E-state index is 7.55. The zero-order chi connectivity index (χ0) is 47.3. The van der Waals surface area contributed by atoms with Gasteiger partial charge in [-0.2, -0.15) is 0 Å². The molecule has 71 heavy (non-hydrogen) atoms. The molecule has 13 saturated carbocycles. The Kier molecular flexibility index (Phi) is 14.6. The van der Waals surface area contributed by atoms with E-state index in [1.807, 2.05) is 0 Å². The Bertz CT molecular complexity index is 1740. The van der Waals surface area contributed by atoms with Gasteiger partial charge in [0.1, 0.15) is 0 Å². The van der Waals surface area contributed by atoms with Gasteiger partial charge in [-0.05, 0) is 307 Å². The Morgan fingerprint density at radius 2 is 0.789 bits per heavy atom. The molecule has 1 nitrogen and oxygen atoms in total. The fraction of sp³-hybridized carbons (Fsp3) is 1.00. The van der Waals surface area contributed by atoms with Gasteiger partial charge in [-0.3, -0.25) is 0 Å². The van der Waals surface area contributed by atoms with E-state index >= 15 is 0 Å². The molecule has 0 aromatic carbocycles. The van der Waals surface area contributed by atoms with Crippen LogP contribution in [0.3, 0.4) is 0 Å². The molecule has 1 heterocycles. The SMILES string of the molecule is CC1CCC(C(C2CCC3C(C2)C(C2CCCCC2)C2CCC(C(C4CCC(C)CC4)C4CCCC5C6CCCCC6OC54)CC2C3C2CCC3CC3C2)C2CCCC3C4CCCCC4C(C)CC32)CC1. The van der Waals surface area contributed by atoms with E-state index in [2.05, 4.69) is 20.8 Å². The summed E-state index contributed by atoms with van der Waals surface area (Å²) in [6.07, 6.45) is 61.4. The lowest BCUT2D eigenvalue weighted by atomic mass is 9.42. The van der Waals surface area contributed by atoms with Crippen LogP contribution in [-0.2, 0) is 4.74 Å². The highest BCUT2D eigenvalue weighted by molar-refractivity contribution is 5.10. The van der Waals surface area contributed by atoms with E-state index in [0.29, 0.717) is 12.2 Å². The van der Waals surface area contributed by atoms with E-state index in [1.165, 1.54) is 57.8 Å². The van der Waals surface area contributed by atoms with Crippen LogP contribution >= 0.6 is 0 Å². The third-order valence-corrected chi connectivity index (χ3v) is 29.1. The first-order chi connectivity index (χ1) is 34.9. The van der Waals surface area contributed by atoms with Crippen molar-refractivity contribution in [1.82, 2.24) is 0 Å². The van der Waals surface area contributed by atoms with E-state index in [4.69, 9.17) is 4.74 Å². The Morgan fingerprint density at radius 3 is 1.46 bits per heavy atom. The van der Waals surface area contributed by atoms with Crippen LogP contribution in [0.25, 0.3) is 0 Å². The fourth-order valence-corrected chi connectivity index (χ4v) is 26.4. The van der Waals surface area contributed by atoms with Gasteiger partial charge in [-0.15, -0.1) is 0 Å². The van der Waals surface area contributed by atoms with Crippen LogP contribution in [0.1, 0.15) is 265 Å². The third-order valence-electron chi connectivity index (χ3n) is 29.1. The highest BCUT2D eigenvalue weighted by Gasteiger charge is 2.62. The molecule has 1 heteroatoms. The standard InChI is InChI=1S/C70H114O/c1-42-23-27-46(28-24-42)66(57-19-11-18-55-54-16-8-7-15-53(54)44(3)37-62(55)57)50-33-36-59-63(40-50)68(45-13-5-4-6-14-45)58-35-34-51(41-64(58)69(59)49-32-31-48-38-52(48)39-49)67(47-29-25-43(2)26-30-47)61-21-12-20-60-56-17-9-10-22-65(56)71-70(60)61/h42-70H,4-41H2,1-3H3. The molecular weight excluding hydrogens is 857 g/mol. The zero-order valence-electron chi connectivity index (χ0n) is 47.0. The Labute approximate surface area is 439 Å². The molecule has 0 amide bonds. The minimum Gasteiger partial charge on any atom is -0.374 e. The van der Waals surface area contributed by atoms with Crippen LogP contribution in [0.5, 0.6) is 0 Å². The highest BCUT2D eigenvalue weighted by Crippen LogP contribution is 2.69. The quantitative estimate of drug-likeness (QED) is 0.236. The van der Waals surface area contributed by atoms with Crippen molar-refractivity contribution in [2.75, 3.05) is 0 Å². The minimum atomic E-state index is 0.626. The first-order valence-electron chi connectivity index (χ1n) is 34.6. The summed E-state index contributed by atoms with van der Waals surface area (Å²) in [5, 5.41) is 0. The molecule has 0 spiro atoms. The number of hydrogen-bond donors (Lipinski definition) is 0. The highest BCUT2D eigenvalue weighted by atomic mass is 16.5. The fourth-order valence-electron chi connectivity index (χ4n) is 26.4. The summed E-state index contributed by atoms with van der Waals surface area (Å²) in [7, 11) is 0. The van der Waals surface area contributed by atoms with Crippen molar-refractivity contribution < 1.29 is 4.74 Å². The Morgan fingerprint density at radius 1 is 0.282 bits per heavy atom. The van der Waals surface area contributed by atoms with Crippen LogP contribution in [0.2, 0.25) is 0 Å². The summed E-state index contributed by atoms with van der Waals surface area (Å²) in [6, 6.07) is 0. The van der Waals surface area contributed by atoms with Gasteiger partial charge >= 0.3 is 0 Å². The first-order valence-corrected chi connectivity index (χ1v) is 34.6. The predicted molar refractivity (Wildman–Crippen MR) is 295 cm³/mol. The van der Waals surface area contributed by atoms with Gasteiger partial charge in [0, 0.05) is 0 Å². The van der Waals surface area contributed by atoms with E-state index in [-0.39, 0.29) is 0 Å². The maximum atomic E-state index is 7.55. The van der Waals surface area contributed by atoms with Crippen molar-refractivity contribution in [2.24, 2.45) is 160 Å². The molecule has 14 aliphatic rings. The lowest BCUT2D eigenvalue weighted by Crippen LogP contribution is -2.57. The molecule has 1 saturated heterocycles. The lowest BCUT2D eigenvalue weighted by molar-refractivity contribution is -0.149. The summed E-state index contributed by atoms with van der Waals surface area (Å²) in [6.45, 7) is 8.03. The van der Waals surface area contributed by atoms with Gasteiger partial charge in [-0.25, -0.2) is 0 Å². The van der Waals surface area contributed by atoms with Gasteiger partial charge in [0.25, 0.3) is 0 Å². The van der Waals surface area contributed by atoms with E-state index < -0.39 is 0 Å². The molecule has 0 radical (unpaired) electrons. The summed E-state index contributed by atoms with van der Waals surface area (Å²) in [4.78, 5) is 0. The summed E-state index contributed by atoms with van der Waals surface area (Å²) >= 11 is 0.